The number of carbonyl (C=O) groups excluding carboxylic acids is 2. The Balaban J connectivity index is 2.31. The van der Waals surface area contributed by atoms with E-state index in [1.54, 1.807) is 32.9 Å². The van der Waals surface area contributed by atoms with Gasteiger partial charge in [-0.15, -0.1) is 0 Å². The number of hydrazine groups is 1. The van der Waals surface area contributed by atoms with Crippen molar-refractivity contribution in [3.05, 3.63) is 76.4 Å². The second-order valence-corrected chi connectivity index (χ2v) is 8.12. The number of allylic oxidation sites excluding steroid dienone is 1. The van der Waals surface area contributed by atoms with Gasteiger partial charge in [0.1, 0.15) is 11.6 Å². The van der Waals surface area contributed by atoms with Crippen molar-refractivity contribution in [2.75, 3.05) is 0 Å². The van der Waals surface area contributed by atoms with Crippen molar-refractivity contribution in [2.24, 2.45) is 0 Å². The molecule has 0 saturated heterocycles. The number of halogens is 2. The van der Waals surface area contributed by atoms with Gasteiger partial charge in [-0.2, -0.15) is 0 Å². The van der Waals surface area contributed by atoms with Crippen LogP contribution in [-0.4, -0.2) is 22.4 Å². The van der Waals surface area contributed by atoms with Crippen LogP contribution in [0.3, 0.4) is 0 Å². The van der Waals surface area contributed by atoms with E-state index in [9.17, 15) is 18.4 Å². The molecule has 0 fully saturated rings. The maximum Gasteiger partial charge on any atom is 0.272 e. The Morgan fingerprint density at radius 3 is 2.14 bits per heavy atom. The van der Waals surface area contributed by atoms with E-state index in [1.165, 1.54) is 11.9 Å². The zero-order valence-corrected chi connectivity index (χ0v) is 17.6. The summed E-state index contributed by atoms with van der Waals surface area (Å²) in [6.45, 7) is 10.7. The zero-order chi connectivity index (χ0) is 21.9. The summed E-state index contributed by atoms with van der Waals surface area (Å²) in [7, 11) is 0. The predicted octanol–water partition coefficient (Wildman–Crippen LogP) is 4.96. The van der Waals surface area contributed by atoms with Gasteiger partial charge in [0.25, 0.3) is 11.8 Å². The van der Waals surface area contributed by atoms with Gasteiger partial charge in [-0.05, 0) is 77.4 Å². The molecule has 29 heavy (non-hydrogen) atoms. The summed E-state index contributed by atoms with van der Waals surface area (Å²) in [6, 6.07) is 8.50. The van der Waals surface area contributed by atoms with E-state index in [1.807, 2.05) is 19.9 Å². The van der Waals surface area contributed by atoms with Crippen LogP contribution < -0.4 is 5.43 Å². The molecule has 0 spiro atoms. The number of rotatable bonds is 3. The van der Waals surface area contributed by atoms with Gasteiger partial charge in [0, 0.05) is 17.2 Å². The molecule has 0 bridgehead atoms. The monoisotopic (exact) mass is 400 g/mol. The van der Waals surface area contributed by atoms with Crippen molar-refractivity contribution in [3.63, 3.8) is 0 Å². The topological polar surface area (TPSA) is 49.4 Å². The van der Waals surface area contributed by atoms with Crippen LogP contribution in [0, 0.1) is 25.5 Å². The van der Waals surface area contributed by atoms with Crippen LogP contribution in [0.5, 0.6) is 0 Å². The van der Waals surface area contributed by atoms with Gasteiger partial charge in [-0.1, -0.05) is 17.2 Å². The lowest BCUT2D eigenvalue weighted by molar-refractivity contribution is -0.122. The molecule has 0 radical (unpaired) electrons. The van der Waals surface area contributed by atoms with Gasteiger partial charge >= 0.3 is 0 Å². The molecule has 2 aromatic carbocycles. The van der Waals surface area contributed by atoms with E-state index in [0.29, 0.717) is 5.56 Å². The number of hydrogen-bond donors (Lipinski definition) is 1. The molecule has 2 aromatic rings. The number of carbonyl (C=O) groups is 2. The molecular formula is C23H26F2N2O2. The molecule has 0 unspecified atom stereocenters. The molecule has 0 aliphatic rings. The van der Waals surface area contributed by atoms with Gasteiger partial charge in [0.2, 0.25) is 0 Å². The van der Waals surface area contributed by atoms with Crippen molar-refractivity contribution < 1.29 is 18.4 Å². The van der Waals surface area contributed by atoms with Crippen LogP contribution in [0.1, 0.15) is 54.7 Å². The van der Waals surface area contributed by atoms with Crippen molar-refractivity contribution in [1.82, 2.24) is 10.4 Å². The maximum atomic E-state index is 13.9. The molecule has 0 aliphatic carbocycles. The molecule has 6 heteroatoms. The molecule has 154 valence electrons. The lowest BCUT2D eigenvalue weighted by Crippen LogP contribution is -2.55. The molecule has 1 N–H and O–H groups in total. The van der Waals surface area contributed by atoms with Crippen LogP contribution in [0.4, 0.5) is 8.78 Å². The Bertz CT molecular complexity index is 955. The minimum absolute atomic E-state index is 0.0110. The molecule has 2 amide bonds. The summed E-state index contributed by atoms with van der Waals surface area (Å²) in [5.41, 5.74) is 4.43. The van der Waals surface area contributed by atoms with Gasteiger partial charge in [-0.25, -0.2) is 13.8 Å². The summed E-state index contributed by atoms with van der Waals surface area (Å²) < 4.78 is 27.4. The Hall–Kier alpha value is -3.02. The van der Waals surface area contributed by atoms with E-state index in [4.69, 9.17) is 0 Å². The number of nitrogens with zero attached hydrogens (tertiary/aromatic N) is 1. The molecule has 0 heterocycles. The molecule has 2 rings (SSSR count). The van der Waals surface area contributed by atoms with E-state index >= 15 is 0 Å². The van der Waals surface area contributed by atoms with Gasteiger partial charge in [0.15, 0.2) is 0 Å². The predicted molar refractivity (Wildman–Crippen MR) is 110 cm³/mol. The standard InChI is InChI=1S/C23H26F2N2O2/c1-14-9-15(2)11-17(10-14)22(29)27(23(4,5)6)26-21(28)12-16(3)19-13-18(24)7-8-20(19)25/h7-13H,1-6H3,(H,26,28)/b16-12+. The normalized spacial score (nSPS) is 11.9. The van der Waals surface area contributed by atoms with Crippen LogP contribution in [0.2, 0.25) is 0 Å². The quantitative estimate of drug-likeness (QED) is 0.585. The summed E-state index contributed by atoms with van der Waals surface area (Å²) >= 11 is 0. The number of hydrogen-bond acceptors (Lipinski definition) is 2. The summed E-state index contributed by atoms with van der Waals surface area (Å²) in [6.07, 6.45) is 1.14. The fourth-order valence-electron chi connectivity index (χ4n) is 2.97. The second-order valence-electron chi connectivity index (χ2n) is 8.12. The summed E-state index contributed by atoms with van der Waals surface area (Å²) in [5, 5.41) is 1.25. The minimum atomic E-state index is -0.712. The lowest BCUT2D eigenvalue weighted by atomic mass is 10.0. The zero-order valence-electron chi connectivity index (χ0n) is 17.6. The molecule has 4 nitrogen and oxygen atoms in total. The highest BCUT2D eigenvalue weighted by Crippen LogP contribution is 2.20. The maximum absolute atomic E-state index is 13.9. The minimum Gasteiger partial charge on any atom is -0.268 e. The molecule has 0 atom stereocenters. The van der Waals surface area contributed by atoms with Crippen LogP contribution >= 0.6 is 0 Å². The van der Waals surface area contributed by atoms with Gasteiger partial charge in [0.05, 0.1) is 5.54 Å². The Morgan fingerprint density at radius 2 is 1.59 bits per heavy atom. The van der Waals surface area contributed by atoms with Gasteiger partial charge < -0.3 is 0 Å². The van der Waals surface area contributed by atoms with E-state index in [-0.39, 0.29) is 17.0 Å². The third-order valence-corrected chi connectivity index (χ3v) is 4.27. The van der Waals surface area contributed by atoms with Crippen molar-refractivity contribution in [3.8, 4) is 0 Å². The van der Waals surface area contributed by atoms with Gasteiger partial charge in [-0.3, -0.25) is 15.0 Å². The van der Waals surface area contributed by atoms with Crippen LogP contribution in [0.25, 0.3) is 5.57 Å². The fourth-order valence-corrected chi connectivity index (χ4v) is 2.97. The van der Waals surface area contributed by atoms with Crippen LogP contribution in [-0.2, 0) is 4.79 Å². The van der Waals surface area contributed by atoms with E-state index < -0.39 is 23.1 Å². The first-order chi connectivity index (χ1) is 13.4. The summed E-state index contributed by atoms with van der Waals surface area (Å²) in [4.78, 5) is 25.6. The van der Waals surface area contributed by atoms with Crippen molar-refractivity contribution in [1.29, 1.82) is 0 Å². The Kier molecular flexibility index (Phi) is 6.57. The third-order valence-electron chi connectivity index (χ3n) is 4.27. The highest BCUT2D eigenvalue weighted by molar-refractivity contribution is 5.99. The first-order valence-electron chi connectivity index (χ1n) is 9.25. The first kappa shape index (κ1) is 22.3. The summed E-state index contributed by atoms with van der Waals surface area (Å²) in [5.74, 6) is -2.21. The number of amides is 2. The van der Waals surface area contributed by atoms with Crippen LogP contribution in [0.15, 0.2) is 42.5 Å². The highest BCUT2D eigenvalue weighted by Gasteiger charge is 2.29. The number of aryl methyl sites for hydroxylation is 2. The first-order valence-corrected chi connectivity index (χ1v) is 9.25. The fraction of sp³-hybridized carbons (Fsp3) is 0.304. The Labute approximate surface area is 170 Å². The average Bonchev–Trinajstić information content (AvgIpc) is 2.59. The smallest absolute Gasteiger partial charge is 0.268 e. The lowest BCUT2D eigenvalue weighted by Gasteiger charge is -2.35. The largest absolute Gasteiger partial charge is 0.272 e. The van der Waals surface area contributed by atoms with E-state index in [0.717, 1.165) is 35.4 Å². The second kappa shape index (κ2) is 8.55. The number of benzene rings is 2. The molecular weight excluding hydrogens is 374 g/mol. The molecule has 0 saturated carbocycles. The Morgan fingerprint density at radius 1 is 1.00 bits per heavy atom. The van der Waals surface area contributed by atoms with Crippen molar-refractivity contribution in [2.45, 2.75) is 47.1 Å². The van der Waals surface area contributed by atoms with Crippen molar-refractivity contribution >= 4 is 17.4 Å². The highest BCUT2D eigenvalue weighted by atomic mass is 19.1. The van der Waals surface area contributed by atoms with E-state index in [2.05, 4.69) is 5.43 Å². The molecule has 0 aromatic heterocycles. The molecule has 0 aliphatic heterocycles. The third kappa shape index (κ3) is 5.73. The SMILES string of the molecule is C/C(=C\C(=O)NN(C(=O)c1cc(C)cc(C)c1)C(C)(C)C)c1cc(F)ccc1F. The number of nitrogens with one attached hydrogen (secondary N) is 1. The average molecular weight is 400 g/mol.